The Kier molecular flexibility index (Phi) is 9.14. The van der Waals surface area contributed by atoms with Gasteiger partial charge in [-0.2, -0.15) is 5.26 Å². The normalized spacial score (nSPS) is 16.0. The smallest absolute Gasteiger partial charge is 0.160 e. The number of nitrogens with zero attached hydrogens (tertiary/aromatic N) is 2. The van der Waals surface area contributed by atoms with Crippen LogP contribution < -0.4 is 10.1 Å². The van der Waals surface area contributed by atoms with Gasteiger partial charge in [-0.25, -0.2) is 0 Å². The molecule has 1 heterocycles. The van der Waals surface area contributed by atoms with Crippen LogP contribution in [0.3, 0.4) is 0 Å². The Morgan fingerprint density at radius 2 is 2.05 bits per heavy atom. The lowest BCUT2D eigenvalue weighted by atomic mass is 10.0. The minimum absolute atomic E-state index is 0. The fourth-order valence-electron chi connectivity index (χ4n) is 2.44. The summed E-state index contributed by atoms with van der Waals surface area (Å²) >= 11 is 0. The molecule has 1 aromatic carbocycles. The summed E-state index contributed by atoms with van der Waals surface area (Å²) in [4.78, 5) is 2.30. The number of hydrogen-bond acceptors (Lipinski definition) is 5. The van der Waals surface area contributed by atoms with E-state index in [1.807, 2.05) is 12.1 Å². The highest BCUT2D eigenvalue weighted by Gasteiger charge is 2.22. The van der Waals surface area contributed by atoms with Crippen molar-refractivity contribution in [3.8, 4) is 17.6 Å². The largest absolute Gasteiger partial charge is 0.504 e. The second-order valence-corrected chi connectivity index (χ2v) is 4.60. The summed E-state index contributed by atoms with van der Waals surface area (Å²) in [5.74, 6) is 0.581. The highest BCUT2D eigenvalue weighted by molar-refractivity contribution is 5.85. The molecule has 0 unspecified atom stereocenters. The zero-order chi connectivity index (χ0) is 13.7. The maximum absolute atomic E-state index is 9.64. The van der Waals surface area contributed by atoms with Gasteiger partial charge in [0.1, 0.15) is 0 Å². The van der Waals surface area contributed by atoms with Gasteiger partial charge < -0.3 is 15.2 Å². The van der Waals surface area contributed by atoms with Crippen molar-refractivity contribution in [1.82, 2.24) is 10.2 Å². The summed E-state index contributed by atoms with van der Waals surface area (Å²) in [6, 6.07) is 7.61. The van der Waals surface area contributed by atoms with Crippen LogP contribution in [0.15, 0.2) is 18.2 Å². The van der Waals surface area contributed by atoms with Crippen molar-refractivity contribution in [3.63, 3.8) is 0 Å². The Bertz CT molecular complexity index is 474. The number of hydrogen-bond donors (Lipinski definition) is 2. The van der Waals surface area contributed by atoms with Gasteiger partial charge in [0.25, 0.3) is 0 Å². The summed E-state index contributed by atoms with van der Waals surface area (Å²) in [5, 5.41) is 22.0. The Morgan fingerprint density at radius 3 is 2.62 bits per heavy atom. The van der Waals surface area contributed by atoms with E-state index < -0.39 is 0 Å². The first-order valence-electron chi connectivity index (χ1n) is 6.45. The fraction of sp³-hybridized carbons (Fsp3) is 0.500. The van der Waals surface area contributed by atoms with Gasteiger partial charge in [-0.15, -0.1) is 24.8 Å². The van der Waals surface area contributed by atoms with E-state index in [2.05, 4.69) is 16.3 Å². The zero-order valence-electron chi connectivity index (χ0n) is 11.9. The molecule has 0 saturated carbocycles. The van der Waals surface area contributed by atoms with Crippen LogP contribution in [0.5, 0.6) is 11.5 Å². The van der Waals surface area contributed by atoms with Crippen LogP contribution in [-0.4, -0.2) is 43.3 Å². The number of nitriles is 1. The summed E-state index contributed by atoms with van der Waals surface area (Å²) < 4.78 is 5.14. The van der Waals surface area contributed by atoms with Crippen LogP contribution in [0, 0.1) is 11.3 Å². The van der Waals surface area contributed by atoms with Crippen LogP contribution in [0.4, 0.5) is 0 Å². The molecule has 1 aliphatic heterocycles. The highest BCUT2D eigenvalue weighted by Crippen LogP contribution is 2.32. The third kappa shape index (κ3) is 4.94. The van der Waals surface area contributed by atoms with Gasteiger partial charge in [-0.1, -0.05) is 6.07 Å². The monoisotopic (exact) mass is 333 g/mol. The van der Waals surface area contributed by atoms with Crippen LogP contribution in [0.2, 0.25) is 0 Å². The van der Waals surface area contributed by atoms with Gasteiger partial charge in [0.15, 0.2) is 11.5 Å². The minimum atomic E-state index is 0. The van der Waals surface area contributed by atoms with E-state index in [9.17, 15) is 5.11 Å². The van der Waals surface area contributed by atoms with Crippen LogP contribution >= 0.6 is 24.8 Å². The topological polar surface area (TPSA) is 68.5 Å². The molecule has 0 aromatic heterocycles. The first-order valence-corrected chi connectivity index (χ1v) is 6.45. The number of halogens is 2. The molecule has 1 atom stereocenters. The van der Waals surface area contributed by atoms with Crippen LogP contribution in [-0.2, 0) is 0 Å². The number of methoxy groups -OCH3 is 1. The molecule has 118 valence electrons. The molecule has 2 rings (SSSR count). The first kappa shape index (κ1) is 19.8. The molecule has 2 N–H and O–H groups in total. The fourth-order valence-corrected chi connectivity index (χ4v) is 2.44. The number of nitrogens with one attached hydrogen (secondary N) is 1. The average Bonchev–Trinajstić information content (AvgIpc) is 2.46. The molecule has 1 fully saturated rings. The molecule has 1 aliphatic rings. The minimum Gasteiger partial charge on any atom is -0.504 e. The molecule has 7 heteroatoms. The van der Waals surface area contributed by atoms with E-state index >= 15 is 0 Å². The molecule has 21 heavy (non-hydrogen) atoms. The quantitative estimate of drug-likeness (QED) is 0.883. The van der Waals surface area contributed by atoms with Crippen molar-refractivity contribution in [2.24, 2.45) is 0 Å². The highest BCUT2D eigenvalue weighted by atomic mass is 35.5. The van der Waals surface area contributed by atoms with Crippen molar-refractivity contribution < 1.29 is 9.84 Å². The molecule has 1 saturated heterocycles. The maximum Gasteiger partial charge on any atom is 0.160 e. The number of phenols is 1. The van der Waals surface area contributed by atoms with Gasteiger partial charge >= 0.3 is 0 Å². The average molecular weight is 334 g/mol. The summed E-state index contributed by atoms with van der Waals surface area (Å²) in [7, 11) is 1.53. The Hall–Kier alpha value is -1.19. The molecule has 0 bridgehead atoms. The lowest BCUT2D eigenvalue weighted by molar-refractivity contribution is 0.175. The Morgan fingerprint density at radius 1 is 1.38 bits per heavy atom. The van der Waals surface area contributed by atoms with Gasteiger partial charge in [-0.05, 0) is 17.7 Å². The van der Waals surface area contributed by atoms with Gasteiger partial charge in [-0.3, -0.25) is 4.90 Å². The summed E-state index contributed by atoms with van der Waals surface area (Å²) in [6.45, 7) is 3.74. The second-order valence-electron chi connectivity index (χ2n) is 4.60. The summed E-state index contributed by atoms with van der Waals surface area (Å²) in [5.41, 5.74) is 1.01. The molecule has 0 spiro atoms. The van der Waals surface area contributed by atoms with E-state index in [-0.39, 0.29) is 36.6 Å². The third-order valence-electron chi connectivity index (χ3n) is 3.47. The number of aromatic hydroxyl groups is 1. The maximum atomic E-state index is 9.64. The standard InChI is InChI=1S/C14H19N3O2.2ClH/c1-19-14-10-11(2-3-13(14)18)12(4-5-15)17-8-6-16-7-9-17;;/h2-3,10,12,16,18H,4,6-9H2,1H3;2*1H/t12-;;/m0../s1. The number of piperazine rings is 1. The van der Waals surface area contributed by atoms with Crippen LogP contribution in [0.25, 0.3) is 0 Å². The number of rotatable bonds is 4. The lowest BCUT2D eigenvalue weighted by Crippen LogP contribution is -2.45. The molecular weight excluding hydrogens is 313 g/mol. The molecule has 0 amide bonds. The number of ether oxygens (including phenoxy) is 1. The van der Waals surface area contributed by atoms with Gasteiger partial charge in [0.2, 0.25) is 0 Å². The van der Waals surface area contributed by atoms with E-state index in [0.29, 0.717) is 12.2 Å². The Labute approximate surface area is 137 Å². The van der Waals surface area contributed by atoms with Crippen LogP contribution in [0.1, 0.15) is 18.0 Å². The predicted molar refractivity (Wildman–Crippen MR) is 86.6 cm³/mol. The SMILES string of the molecule is COc1cc([C@H](CC#N)N2CCNCC2)ccc1O.Cl.Cl. The molecule has 0 radical (unpaired) electrons. The first-order chi connectivity index (χ1) is 9.26. The van der Waals surface area contributed by atoms with Crippen molar-refractivity contribution in [3.05, 3.63) is 23.8 Å². The van der Waals surface area contributed by atoms with E-state index in [1.165, 1.54) is 7.11 Å². The van der Waals surface area contributed by atoms with E-state index in [4.69, 9.17) is 10.00 Å². The molecular formula is C14H21Cl2N3O2. The number of phenolic OH excluding ortho intramolecular Hbond substituents is 1. The van der Waals surface area contributed by atoms with Crippen molar-refractivity contribution in [2.75, 3.05) is 33.3 Å². The predicted octanol–water partition coefficient (Wildman–Crippen LogP) is 2.10. The summed E-state index contributed by atoms with van der Waals surface area (Å²) in [6.07, 6.45) is 0.438. The van der Waals surface area contributed by atoms with Crippen molar-refractivity contribution in [2.45, 2.75) is 12.5 Å². The number of benzene rings is 1. The van der Waals surface area contributed by atoms with E-state index in [0.717, 1.165) is 31.7 Å². The lowest BCUT2D eigenvalue weighted by Gasteiger charge is -2.34. The van der Waals surface area contributed by atoms with Crippen molar-refractivity contribution >= 4 is 24.8 Å². The zero-order valence-corrected chi connectivity index (χ0v) is 13.5. The molecule has 0 aliphatic carbocycles. The van der Waals surface area contributed by atoms with Gasteiger partial charge in [0.05, 0.1) is 19.6 Å². The second kappa shape index (κ2) is 9.69. The van der Waals surface area contributed by atoms with Gasteiger partial charge in [0, 0.05) is 32.2 Å². The Balaban J connectivity index is 0.00000200. The molecule has 5 nitrogen and oxygen atoms in total. The van der Waals surface area contributed by atoms with E-state index in [1.54, 1.807) is 6.07 Å². The third-order valence-corrected chi connectivity index (χ3v) is 3.47. The molecule has 1 aromatic rings. The van der Waals surface area contributed by atoms with Crippen molar-refractivity contribution in [1.29, 1.82) is 5.26 Å².